The van der Waals surface area contributed by atoms with E-state index in [2.05, 4.69) is 26.5 Å². The van der Waals surface area contributed by atoms with Crippen molar-refractivity contribution < 1.29 is 8.42 Å². The SMILES string of the molecule is Cc1nn(C)c(CC(NN)C(C)S(C)(=O)=O)c1Br. The van der Waals surface area contributed by atoms with Crippen molar-refractivity contribution in [2.45, 2.75) is 31.6 Å². The number of hydrogen-bond acceptors (Lipinski definition) is 5. The van der Waals surface area contributed by atoms with Gasteiger partial charge in [-0.2, -0.15) is 5.10 Å². The first-order valence-electron chi connectivity index (χ1n) is 5.51. The van der Waals surface area contributed by atoms with Crippen molar-refractivity contribution in [2.75, 3.05) is 6.26 Å². The Morgan fingerprint density at radius 1 is 1.56 bits per heavy atom. The fourth-order valence-corrected chi connectivity index (χ4v) is 3.04. The van der Waals surface area contributed by atoms with Gasteiger partial charge in [-0.25, -0.2) is 8.42 Å². The Balaban J connectivity index is 3.00. The number of nitrogens with zero attached hydrogens (tertiary/aromatic N) is 2. The van der Waals surface area contributed by atoms with Crippen LogP contribution >= 0.6 is 15.9 Å². The Morgan fingerprint density at radius 2 is 2.11 bits per heavy atom. The Bertz CT molecular complexity index is 526. The van der Waals surface area contributed by atoms with E-state index in [-0.39, 0.29) is 6.04 Å². The van der Waals surface area contributed by atoms with Gasteiger partial charge in [0.25, 0.3) is 0 Å². The molecule has 6 nitrogen and oxygen atoms in total. The summed E-state index contributed by atoms with van der Waals surface area (Å²) < 4.78 is 25.8. The molecule has 0 aliphatic carbocycles. The smallest absolute Gasteiger partial charge is 0.151 e. The molecule has 8 heteroatoms. The molecular weight excluding hydrogens is 320 g/mol. The average molecular weight is 339 g/mol. The maximum Gasteiger partial charge on any atom is 0.151 e. The van der Waals surface area contributed by atoms with Crippen molar-refractivity contribution in [3.05, 3.63) is 15.9 Å². The lowest BCUT2D eigenvalue weighted by Gasteiger charge is -2.22. The summed E-state index contributed by atoms with van der Waals surface area (Å²) >= 11 is 3.46. The molecule has 0 saturated carbocycles. The zero-order valence-electron chi connectivity index (χ0n) is 10.9. The number of aromatic nitrogens is 2. The molecule has 1 aromatic rings. The van der Waals surface area contributed by atoms with E-state index >= 15 is 0 Å². The molecule has 0 spiro atoms. The summed E-state index contributed by atoms with van der Waals surface area (Å²) in [6, 6.07) is -0.355. The molecule has 104 valence electrons. The van der Waals surface area contributed by atoms with Gasteiger partial charge in [0.2, 0.25) is 0 Å². The molecule has 0 aliphatic rings. The highest BCUT2D eigenvalue weighted by atomic mass is 79.9. The third-order valence-corrected chi connectivity index (χ3v) is 5.84. The summed E-state index contributed by atoms with van der Waals surface area (Å²) in [5, 5.41) is 3.71. The molecule has 1 heterocycles. The van der Waals surface area contributed by atoms with Gasteiger partial charge < -0.3 is 0 Å². The van der Waals surface area contributed by atoms with Crippen molar-refractivity contribution in [3.63, 3.8) is 0 Å². The van der Waals surface area contributed by atoms with Gasteiger partial charge in [-0.05, 0) is 29.8 Å². The molecule has 0 aliphatic heterocycles. The maximum atomic E-state index is 11.6. The Labute approximate surface area is 116 Å². The van der Waals surface area contributed by atoms with Gasteiger partial charge in [0.1, 0.15) is 0 Å². The molecule has 2 atom stereocenters. The van der Waals surface area contributed by atoms with Crippen LogP contribution in [0.1, 0.15) is 18.3 Å². The van der Waals surface area contributed by atoms with E-state index in [9.17, 15) is 8.42 Å². The fraction of sp³-hybridized carbons (Fsp3) is 0.700. The Morgan fingerprint density at radius 3 is 2.44 bits per heavy atom. The molecule has 1 rings (SSSR count). The molecule has 3 N–H and O–H groups in total. The number of nitrogens with one attached hydrogen (secondary N) is 1. The molecular formula is C10H19BrN4O2S. The number of aryl methyl sites for hydroxylation is 2. The zero-order chi connectivity index (χ0) is 14.1. The van der Waals surface area contributed by atoms with E-state index in [1.54, 1.807) is 11.6 Å². The van der Waals surface area contributed by atoms with Crippen molar-refractivity contribution in [1.82, 2.24) is 15.2 Å². The number of rotatable bonds is 5. The normalized spacial score (nSPS) is 15.7. The number of hydrogen-bond donors (Lipinski definition) is 2. The van der Waals surface area contributed by atoms with Crippen LogP contribution in [0, 0.1) is 6.92 Å². The van der Waals surface area contributed by atoms with Gasteiger partial charge in [-0.1, -0.05) is 0 Å². The number of nitrogens with two attached hydrogens (primary N) is 1. The first-order valence-corrected chi connectivity index (χ1v) is 8.26. The first-order chi connectivity index (χ1) is 8.18. The topological polar surface area (TPSA) is 90.0 Å². The number of hydrazine groups is 1. The van der Waals surface area contributed by atoms with Gasteiger partial charge in [0, 0.05) is 25.8 Å². The van der Waals surface area contributed by atoms with Crippen LogP contribution in [0.25, 0.3) is 0 Å². The Hall–Kier alpha value is -0.440. The van der Waals surface area contributed by atoms with Crippen LogP contribution in [0.4, 0.5) is 0 Å². The first kappa shape index (κ1) is 15.6. The lowest BCUT2D eigenvalue weighted by molar-refractivity contribution is 0.481. The summed E-state index contributed by atoms with van der Waals surface area (Å²) in [5.74, 6) is 5.47. The van der Waals surface area contributed by atoms with E-state index in [4.69, 9.17) is 5.84 Å². The van der Waals surface area contributed by atoms with E-state index in [1.807, 2.05) is 14.0 Å². The minimum absolute atomic E-state index is 0.355. The molecule has 1 aromatic heterocycles. The summed E-state index contributed by atoms with van der Waals surface area (Å²) in [7, 11) is -1.32. The monoisotopic (exact) mass is 338 g/mol. The van der Waals surface area contributed by atoms with Crippen LogP contribution in [0.3, 0.4) is 0 Å². The molecule has 2 unspecified atom stereocenters. The van der Waals surface area contributed by atoms with Crippen molar-refractivity contribution in [2.24, 2.45) is 12.9 Å². The molecule has 0 saturated heterocycles. The van der Waals surface area contributed by atoms with Crippen molar-refractivity contribution >= 4 is 25.8 Å². The third-order valence-electron chi connectivity index (χ3n) is 3.13. The lowest BCUT2D eigenvalue weighted by Crippen LogP contribution is -2.47. The van der Waals surface area contributed by atoms with E-state index in [0.717, 1.165) is 15.9 Å². The standard InChI is InChI=1S/C10H19BrN4O2S/c1-6-10(11)9(15(3)14-6)5-8(13-12)7(2)18(4,16)17/h7-8,13H,5,12H2,1-4H3. The molecule has 0 amide bonds. The molecule has 0 radical (unpaired) electrons. The predicted octanol–water partition coefficient (Wildman–Crippen LogP) is 0.299. The molecule has 0 bridgehead atoms. The van der Waals surface area contributed by atoms with Crippen LogP contribution < -0.4 is 11.3 Å². The lowest BCUT2D eigenvalue weighted by atomic mass is 10.1. The van der Waals surface area contributed by atoms with Crippen LogP contribution in [-0.2, 0) is 23.3 Å². The summed E-state index contributed by atoms with van der Waals surface area (Å²) in [6.45, 7) is 3.54. The van der Waals surface area contributed by atoms with Crippen molar-refractivity contribution in [1.29, 1.82) is 0 Å². The van der Waals surface area contributed by atoms with Crippen LogP contribution in [0.2, 0.25) is 0 Å². The highest BCUT2D eigenvalue weighted by molar-refractivity contribution is 9.10. The second-order valence-electron chi connectivity index (χ2n) is 4.48. The second kappa shape index (κ2) is 5.68. The van der Waals surface area contributed by atoms with Gasteiger partial charge >= 0.3 is 0 Å². The van der Waals surface area contributed by atoms with E-state index in [0.29, 0.717) is 6.42 Å². The summed E-state index contributed by atoms with van der Waals surface area (Å²) in [6.07, 6.45) is 1.70. The quantitative estimate of drug-likeness (QED) is 0.595. The number of halogens is 1. The van der Waals surface area contributed by atoms with Gasteiger partial charge in [-0.3, -0.25) is 16.0 Å². The maximum absolute atomic E-state index is 11.6. The van der Waals surface area contributed by atoms with Gasteiger partial charge in [0.05, 0.1) is 21.1 Å². The largest absolute Gasteiger partial charge is 0.271 e. The third kappa shape index (κ3) is 3.31. The van der Waals surface area contributed by atoms with E-state index < -0.39 is 15.1 Å². The minimum atomic E-state index is -3.14. The fourth-order valence-electron chi connectivity index (χ4n) is 1.77. The van der Waals surface area contributed by atoms with Gasteiger partial charge in [0.15, 0.2) is 9.84 Å². The Kier molecular flexibility index (Phi) is 4.93. The average Bonchev–Trinajstić information content (AvgIpc) is 2.49. The van der Waals surface area contributed by atoms with Crippen LogP contribution in [-0.4, -0.2) is 35.7 Å². The molecule has 0 fully saturated rings. The van der Waals surface area contributed by atoms with E-state index in [1.165, 1.54) is 6.26 Å². The summed E-state index contributed by atoms with van der Waals surface area (Å²) in [5.41, 5.74) is 4.37. The number of sulfone groups is 1. The molecule has 18 heavy (non-hydrogen) atoms. The molecule has 0 aromatic carbocycles. The predicted molar refractivity (Wildman–Crippen MR) is 74.8 cm³/mol. The zero-order valence-corrected chi connectivity index (χ0v) is 13.3. The highest BCUT2D eigenvalue weighted by Crippen LogP contribution is 2.22. The van der Waals surface area contributed by atoms with Crippen LogP contribution in [0.15, 0.2) is 4.47 Å². The van der Waals surface area contributed by atoms with Crippen molar-refractivity contribution in [3.8, 4) is 0 Å². The minimum Gasteiger partial charge on any atom is -0.271 e. The summed E-state index contributed by atoms with van der Waals surface area (Å²) in [4.78, 5) is 0. The highest BCUT2D eigenvalue weighted by Gasteiger charge is 2.27. The second-order valence-corrected chi connectivity index (χ2v) is 7.68. The van der Waals surface area contributed by atoms with Gasteiger partial charge in [-0.15, -0.1) is 0 Å². The van der Waals surface area contributed by atoms with Crippen LogP contribution in [0.5, 0.6) is 0 Å².